The smallest absolute Gasteiger partial charge is 0.341 e. The van der Waals surface area contributed by atoms with Crippen LogP contribution in [0.2, 0.25) is 0 Å². The predicted molar refractivity (Wildman–Crippen MR) is 130 cm³/mol. The third-order valence-corrected chi connectivity index (χ3v) is 7.66. The minimum atomic E-state index is -1.19. The molecule has 35 heavy (non-hydrogen) atoms. The molecule has 0 radical (unpaired) electrons. The molecule has 2 aromatic heterocycles. The fraction of sp³-hybridized carbons (Fsp3) is 0.444. The molecule has 0 amide bonds. The van der Waals surface area contributed by atoms with E-state index in [1.54, 1.807) is 0 Å². The molecule has 8 heteroatoms. The van der Waals surface area contributed by atoms with Crippen LogP contribution < -0.4 is 10.2 Å². The van der Waals surface area contributed by atoms with Crippen LogP contribution in [0.25, 0.3) is 22.4 Å². The van der Waals surface area contributed by atoms with Crippen molar-refractivity contribution in [3.8, 4) is 28.1 Å². The average Bonchev–Trinajstić information content (AvgIpc) is 3.53. The number of rotatable bonds is 4. The zero-order valence-electron chi connectivity index (χ0n) is 20.0. The van der Waals surface area contributed by atoms with E-state index < -0.39 is 11.4 Å². The minimum absolute atomic E-state index is 0.0504. The van der Waals surface area contributed by atoms with Crippen LogP contribution >= 0.6 is 0 Å². The van der Waals surface area contributed by atoms with Gasteiger partial charge in [-0.05, 0) is 36.8 Å². The van der Waals surface area contributed by atoms with Crippen LogP contribution in [-0.4, -0.2) is 45.2 Å². The second kappa shape index (κ2) is 8.37. The summed E-state index contributed by atoms with van der Waals surface area (Å²) in [7, 11) is 0. The van der Waals surface area contributed by atoms with Crippen molar-refractivity contribution in [1.29, 1.82) is 0 Å². The average molecular weight is 476 g/mol. The molecule has 3 aliphatic heterocycles. The normalized spacial score (nSPS) is 19.2. The van der Waals surface area contributed by atoms with Crippen LogP contribution in [-0.2, 0) is 17.6 Å². The molecule has 1 atom stereocenters. The number of carbonyl (C=O) groups is 1. The summed E-state index contributed by atoms with van der Waals surface area (Å²) in [6.07, 6.45) is 8.98. The van der Waals surface area contributed by atoms with E-state index in [4.69, 9.17) is 9.47 Å². The fourth-order valence-electron chi connectivity index (χ4n) is 5.83. The Balaban J connectivity index is 1.51. The molecule has 0 saturated carbocycles. The Bertz CT molecular complexity index is 1380. The van der Waals surface area contributed by atoms with Crippen molar-refractivity contribution in [3.05, 3.63) is 57.6 Å². The number of carboxylic acids is 1. The molecular weight excluding hydrogens is 446 g/mol. The first kappa shape index (κ1) is 22.1. The maximum Gasteiger partial charge on any atom is 0.341 e. The molecule has 0 spiro atoms. The third-order valence-electron chi connectivity index (χ3n) is 7.66. The van der Waals surface area contributed by atoms with E-state index in [1.165, 1.54) is 17.8 Å². The lowest BCUT2D eigenvalue weighted by molar-refractivity contribution is 0.0662. The number of hydrogen-bond acceptors (Lipinski definition) is 5. The molecule has 6 rings (SSSR count). The van der Waals surface area contributed by atoms with E-state index in [0.717, 1.165) is 72.6 Å². The highest BCUT2D eigenvalue weighted by Crippen LogP contribution is 2.48. The van der Waals surface area contributed by atoms with Gasteiger partial charge in [-0.15, -0.1) is 0 Å². The van der Waals surface area contributed by atoms with Crippen LogP contribution in [0.1, 0.15) is 60.3 Å². The Kier molecular flexibility index (Phi) is 5.29. The van der Waals surface area contributed by atoms with E-state index in [9.17, 15) is 14.7 Å². The number of benzene rings is 1. The van der Waals surface area contributed by atoms with Crippen molar-refractivity contribution in [1.82, 2.24) is 14.3 Å². The summed E-state index contributed by atoms with van der Waals surface area (Å²) in [5.74, 6) is -0.0843. The van der Waals surface area contributed by atoms with Crippen molar-refractivity contribution in [2.24, 2.45) is 5.92 Å². The highest BCUT2D eigenvalue weighted by molar-refractivity contribution is 5.88. The molecule has 0 aliphatic carbocycles. The Morgan fingerprint density at radius 3 is 2.71 bits per heavy atom. The summed E-state index contributed by atoms with van der Waals surface area (Å²) in [4.78, 5) is 24.4. The van der Waals surface area contributed by atoms with Gasteiger partial charge in [0.1, 0.15) is 11.3 Å². The third kappa shape index (κ3) is 3.58. The Morgan fingerprint density at radius 1 is 1.17 bits per heavy atom. The summed E-state index contributed by atoms with van der Waals surface area (Å²) in [6.45, 7) is 6.37. The van der Waals surface area contributed by atoms with Crippen LogP contribution in [0, 0.1) is 5.92 Å². The molecule has 3 aromatic rings. The fourth-order valence-corrected chi connectivity index (χ4v) is 5.83. The SMILES string of the molecule is CC(C)C1Cc2cc(-c3cnn(C4CCOCC4)c3)c3c(c2-c2cc(=O)c(C(=O)O)cn21)CCO3. The van der Waals surface area contributed by atoms with Crippen molar-refractivity contribution in [3.63, 3.8) is 0 Å². The maximum absolute atomic E-state index is 12.7. The van der Waals surface area contributed by atoms with Gasteiger partial charge in [0.15, 0.2) is 5.43 Å². The highest BCUT2D eigenvalue weighted by atomic mass is 16.5. The number of aromatic nitrogens is 3. The van der Waals surface area contributed by atoms with E-state index in [-0.39, 0.29) is 17.5 Å². The largest absolute Gasteiger partial charge is 0.492 e. The van der Waals surface area contributed by atoms with Gasteiger partial charge >= 0.3 is 5.97 Å². The molecule has 1 N–H and O–H groups in total. The zero-order chi connectivity index (χ0) is 24.3. The summed E-state index contributed by atoms with van der Waals surface area (Å²) in [5.41, 5.74) is 5.48. The van der Waals surface area contributed by atoms with E-state index in [2.05, 4.69) is 35.9 Å². The first-order valence-corrected chi connectivity index (χ1v) is 12.4. The van der Waals surface area contributed by atoms with Crippen molar-refractivity contribution < 1.29 is 19.4 Å². The van der Waals surface area contributed by atoms with E-state index in [1.807, 2.05) is 10.8 Å². The molecule has 8 nitrogen and oxygen atoms in total. The number of nitrogens with zero attached hydrogens (tertiary/aromatic N) is 3. The van der Waals surface area contributed by atoms with Gasteiger partial charge in [0, 0.05) is 66.4 Å². The topological polar surface area (TPSA) is 95.6 Å². The van der Waals surface area contributed by atoms with Crippen LogP contribution in [0.3, 0.4) is 0 Å². The number of aromatic carboxylic acids is 1. The number of ether oxygens (including phenoxy) is 2. The lowest BCUT2D eigenvalue weighted by Gasteiger charge is -2.34. The van der Waals surface area contributed by atoms with Crippen LogP contribution in [0.15, 0.2) is 35.5 Å². The van der Waals surface area contributed by atoms with Gasteiger partial charge in [-0.2, -0.15) is 5.10 Å². The molecular formula is C27H29N3O5. The van der Waals surface area contributed by atoms with Gasteiger partial charge in [0.25, 0.3) is 0 Å². The first-order valence-electron chi connectivity index (χ1n) is 12.4. The predicted octanol–water partition coefficient (Wildman–Crippen LogP) is 4.12. The lowest BCUT2D eigenvalue weighted by atomic mass is 9.82. The lowest BCUT2D eigenvalue weighted by Crippen LogP contribution is -2.28. The number of carboxylic acid groups (broad SMARTS) is 1. The van der Waals surface area contributed by atoms with Gasteiger partial charge in [-0.3, -0.25) is 9.48 Å². The Labute approximate surface area is 203 Å². The maximum atomic E-state index is 12.7. The van der Waals surface area contributed by atoms with Crippen molar-refractivity contribution in [2.75, 3.05) is 19.8 Å². The monoisotopic (exact) mass is 475 g/mol. The molecule has 0 bridgehead atoms. The summed E-state index contributed by atoms with van der Waals surface area (Å²) < 4.78 is 15.7. The summed E-state index contributed by atoms with van der Waals surface area (Å²) in [6, 6.07) is 4.09. The number of pyridine rings is 1. The van der Waals surface area contributed by atoms with Gasteiger partial charge in [-0.1, -0.05) is 13.8 Å². The second-order valence-electron chi connectivity index (χ2n) is 10.1. The zero-order valence-corrected chi connectivity index (χ0v) is 20.0. The Hall–Kier alpha value is -3.39. The summed E-state index contributed by atoms with van der Waals surface area (Å²) in [5, 5.41) is 14.2. The molecule has 5 heterocycles. The molecule has 1 fully saturated rings. The Morgan fingerprint density at radius 2 is 1.97 bits per heavy atom. The standard InChI is InChI=1S/C27H29N3O5/c1-15(2)22-10-16-9-20(17-12-28-30(13-17)18-3-6-34-7-4-18)26-19(5-8-35-26)25(16)23-11-24(31)21(27(32)33)14-29(22)23/h9,11-15,18,22H,3-8,10H2,1-2H3,(H,32,33). The molecule has 1 saturated heterocycles. The van der Waals surface area contributed by atoms with Crippen LogP contribution in [0.5, 0.6) is 5.75 Å². The second-order valence-corrected chi connectivity index (χ2v) is 10.1. The van der Waals surface area contributed by atoms with Gasteiger partial charge in [0.2, 0.25) is 0 Å². The molecule has 182 valence electrons. The molecule has 1 unspecified atom stereocenters. The van der Waals surface area contributed by atoms with Crippen LogP contribution in [0.4, 0.5) is 0 Å². The molecule has 3 aliphatic rings. The van der Waals surface area contributed by atoms with Gasteiger partial charge in [-0.25, -0.2) is 4.79 Å². The first-order chi connectivity index (χ1) is 16.9. The van der Waals surface area contributed by atoms with E-state index >= 15 is 0 Å². The highest BCUT2D eigenvalue weighted by Gasteiger charge is 2.34. The quantitative estimate of drug-likeness (QED) is 0.610. The van der Waals surface area contributed by atoms with E-state index in [0.29, 0.717) is 12.6 Å². The number of hydrogen-bond donors (Lipinski definition) is 1. The number of fused-ring (bicyclic) bond motifs is 5. The van der Waals surface area contributed by atoms with Gasteiger partial charge in [0.05, 0.1) is 24.5 Å². The van der Waals surface area contributed by atoms with Gasteiger partial charge < -0.3 is 19.1 Å². The minimum Gasteiger partial charge on any atom is -0.492 e. The molecule has 1 aromatic carbocycles. The van der Waals surface area contributed by atoms with Crippen molar-refractivity contribution >= 4 is 5.97 Å². The van der Waals surface area contributed by atoms with Crippen molar-refractivity contribution in [2.45, 2.75) is 51.6 Å². The summed E-state index contributed by atoms with van der Waals surface area (Å²) >= 11 is 0.